The summed E-state index contributed by atoms with van der Waals surface area (Å²) >= 11 is 0. The van der Waals surface area contributed by atoms with E-state index < -0.39 is 11.9 Å². The summed E-state index contributed by atoms with van der Waals surface area (Å²) in [6.07, 6.45) is 17.2. The highest BCUT2D eigenvalue weighted by atomic mass is 16.6. The van der Waals surface area contributed by atoms with Crippen LogP contribution < -0.4 is 20.0 Å². The predicted octanol–water partition coefficient (Wildman–Crippen LogP) is 3.29. The zero-order chi connectivity index (χ0) is 37.6. The molecule has 0 saturated heterocycles. The maximum atomic E-state index is 10.6. The zero-order valence-corrected chi connectivity index (χ0v) is 30.9. The third-order valence-electron chi connectivity index (χ3n) is 8.49. The van der Waals surface area contributed by atoms with Crippen molar-refractivity contribution in [2.45, 2.75) is 118 Å². The third kappa shape index (κ3) is 24.3. The normalized spacial score (nSPS) is 10.6. The molecule has 0 fully saturated rings. The van der Waals surface area contributed by atoms with Gasteiger partial charge in [0.25, 0.3) is 11.4 Å². The first kappa shape index (κ1) is 46.1. The molecule has 0 unspecified atom stereocenters. The van der Waals surface area contributed by atoms with E-state index >= 15 is 0 Å². The van der Waals surface area contributed by atoms with Crippen molar-refractivity contribution in [3.8, 4) is 0 Å². The van der Waals surface area contributed by atoms with Crippen molar-refractivity contribution >= 4 is 23.3 Å². The maximum Gasteiger partial charge on any atom is 0.269 e. The Morgan fingerprint density at radius 1 is 0.480 bits per heavy atom. The van der Waals surface area contributed by atoms with Gasteiger partial charge in [0.1, 0.15) is 0 Å². The largest absolute Gasteiger partial charge is 0.543 e. The van der Waals surface area contributed by atoms with Crippen LogP contribution in [0.2, 0.25) is 0 Å². The van der Waals surface area contributed by atoms with Crippen LogP contribution in [0.1, 0.15) is 116 Å². The molecule has 2 rings (SSSR count). The molecule has 0 aromatic heterocycles. The minimum absolute atomic E-state index is 0.179. The van der Waals surface area contributed by atoms with E-state index in [4.69, 9.17) is 19.8 Å². The van der Waals surface area contributed by atoms with E-state index in [1.807, 2.05) is 24.3 Å². The summed E-state index contributed by atoms with van der Waals surface area (Å²) in [6, 6.07) is 14.0. The van der Waals surface area contributed by atoms with Crippen molar-refractivity contribution in [2.24, 2.45) is 0 Å². The van der Waals surface area contributed by atoms with Crippen LogP contribution in [0.3, 0.4) is 0 Å². The number of rotatable bonds is 24. The third-order valence-corrected chi connectivity index (χ3v) is 8.49. The van der Waals surface area contributed by atoms with Crippen LogP contribution in [0.15, 0.2) is 48.5 Å². The van der Waals surface area contributed by atoms with Gasteiger partial charge in [0, 0.05) is 24.3 Å². The molecule has 0 aliphatic carbocycles. The predicted molar refractivity (Wildman–Crippen MR) is 193 cm³/mol. The topological polar surface area (TPSA) is 175 Å². The van der Waals surface area contributed by atoms with Gasteiger partial charge >= 0.3 is 0 Å². The van der Waals surface area contributed by atoms with Gasteiger partial charge in [-0.2, -0.15) is 0 Å². The summed E-state index contributed by atoms with van der Waals surface area (Å²) in [7, 11) is 0. The van der Waals surface area contributed by atoms with Crippen LogP contribution in [-0.2, 0) is 22.4 Å². The van der Waals surface area contributed by atoms with E-state index in [2.05, 4.69) is 27.7 Å². The second kappa shape index (κ2) is 30.0. The number of nitro groups is 2. The number of carboxylic acid groups (broad SMARTS) is 2. The molecule has 0 amide bonds. The number of hydrogen-bond donors (Lipinski definition) is 2. The molecule has 50 heavy (non-hydrogen) atoms. The molecule has 0 heterocycles. The summed E-state index contributed by atoms with van der Waals surface area (Å²) in [5, 5.41) is 39.1. The first-order valence-corrected chi connectivity index (χ1v) is 18.5. The fraction of sp³-hybridized carbons (Fsp3) is 0.632. The van der Waals surface area contributed by atoms with E-state index in [1.54, 1.807) is 34.1 Å². The highest BCUT2D eigenvalue weighted by molar-refractivity contribution is 6.25. The average molecular weight is 703 g/mol. The summed E-state index contributed by atoms with van der Waals surface area (Å²) in [6.45, 7) is 16.7. The summed E-state index contributed by atoms with van der Waals surface area (Å²) in [5.74, 6) is -4.37. The molecular weight excluding hydrogens is 640 g/mol. The number of non-ortho nitro benzene ring substituents is 2. The molecule has 2 aromatic rings. The van der Waals surface area contributed by atoms with E-state index in [1.165, 1.54) is 127 Å². The molecule has 12 nitrogen and oxygen atoms in total. The first-order valence-electron chi connectivity index (χ1n) is 18.5. The number of quaternary nitrogens is 2. The maximum absolute atomic E-state index is 10.6. The summed E-state index contributed by atoms with van der Waals surface area (Å²) in [4.78, 5) is 41.9. The molecule has 0 radical (unpaired) electrons. The minimum Gasteiger partial charge on any atom is -0.543 e. The smallest absolute Gasteiger partial charge is 0.269 e. The lowest BCUT2D eigenvalue weighted by Gasteiger charge is -2.19. The number of aliphatic carboxylic acids is 2. The van der Waals surface area contributed by atoms with E-state index in [0.717, 1.165) is 12.8 Å². The summed E-state index contributed by atoms with van der Waals surface area (Å²) < 4.78 is 0. The lowest BCUT2D eigenvalue weighted by Crippen LogP contribution is -3.12. The van der Waals surface area contributed by atoms with Crippen LogP contribution >= 0.6 is 0 Å². The Labute approximate surface area is 299 Å². The second-order valence-electron chi connectivity index (χ2n) is 12.8. The van der Waals surface area contributed by atoms with Crippen molar-refractivity contribution in [2.75, 3.05) is 39.3 Å². The fourth-order valence-electron chi connectivity index (χ4n) is 5.43. The van der Waals surface area contributed by atoms with Gasteiger partial charge in [-0.15, -0.1) is 0 Å². The first-order chi connectivity index (χ1) is 24.0. The quantitative estimate of drug-likeness (QED) is 0.0725. The number of carbonyl (C=O) groups excluding carboxylic acids is 2. The molecular formula is C38H62N4O8. The van der Waals surface area contributed by atoms with Gasteiger partial charge in [-0.3, -0.25) is 20.2 Å². The number of carbonyl (C=O) groups is 2. The molecule has 0 atom stereocenters. The number of nitrogens with one attached hydrogen (secondary N) is 2. The molecule has 0 saturated carbocycles. The number of unbranched alkanes of at least 4 members (excludes halogenated alkanes) is 6. The molecule has 0 bridgehead atoms. The van der Waals surface area contributed by atoms with Crippen molar-refractivity contribution in [1.29, 1.82) is 0 Å². The van der Waals surface area contributed by atoms with Gasteiger partial charge in [0.15, 0.2) is 0 Å². The van der Waals surface area contributed by atoms with Crippen LogP contribution in [0.4, 0.5) is 11.4 Å². The van der Waals surface area contributed by atoms with Crippen molar-refractivity contribution < 1.29 is 39.4 Å². The number of hydrogen-bond acceptors (Lipinski definition) is 8. The number of nitro benzene ring substituents is 2. The lowest BCUT2D eigenvalue weighted by molar-refractivity contribution is -0.900. The van der Waals surface area contributed by atoms with Gasteiger partial charge in [0.2, 0.25) is 0 Å². The Kier molecular flexibility index (Phi) is 27.6. The Morgan fingerprint density at radius 3 is 0.960 bits per heavy atom. The zero-order valence-electron chi connectivity index (χ0n) is 30.9. The number of aryl methyl sites for hydroxylation is 2. The SMILES string of the molecule is CCCC[NH+](CCCC)CCCCc1ccc([N+](=O)[O-])cc1.CCCC[NH+](CCCC)CCCCc1ccc([N+](=O)[O-])cc1.O=C([O-])C(=O)[O-]. The van der Waals surface area contributed by atoms with E-state index in [9.17, 15) is 20.2 Å². The van der Waals surface area contributed by atoms with Crippen molar-refractivity contribution in [3.05, 3.63) is 79.9 Å². The Morgan fingerprint density at radius 2 is 0.740 bits per heavy atom. The van der Waals surface area contributed by atoms with Crippen molar-refractivity contribution in [1.82, 2.24) is 0 Å². The number of nitrogens with zero attached hydrogens (tertiary/aromatic N) is 2. The molecule has 12 heteroatoms. The summed E-state index contributed by atoms with van der Waals surface area (Å²) in [5.41, 5.74) is 2.76. The minimum atomic E-state index is -2.19. The molecule has 0 aliphatic rings. The Bertz CT molecular complexity index is 1080. The molecule has 0 spiro atoms. The van der Waals surface area contributed by atoms with Gasteiger partial charge < -0.3 is 29.6 Å². The van der Waals surface area contributed by atoms with Crippen LogP contribution in [0.5, 0.6) is 0 Å². The Hall–Kier alpha value is -3.90. The fourth-order valence-corrected chi connectivity index (χ4v) is 5.43. The molecule has 2 aromatic carbocycles. The van der Waals surface area contributed by atoms with Crippen LogP contribution in [0.25, 0.3) is 0 Å². The van der Waals surface area contributed by atoms with Gasteiger partial charge in [0.05, 0.1) is 61.1 Å². The van der Waals surface area contributed by atoms with Gasteiger partial charge in [-0.25, -0.2) is 0 Å². The Balaban J connectivity index is 0.000000826. The monoisotopic (exact) mass is 702 g/mol. The standard InChI is InChI=1S/2C18H30N2O2.C2H2O4/c2*1-3-5-14-19(15-6-4-2)16-8-7-9-17-10-12-18(13-11-17)20(21)22;3-1(4)2(5)6/h2*10-13H,3-9,14-16H2,1-2H3;(H,3,4)(H,5,6). The van der Waals surface area contributed by atoms with E-state index in [0.29, 0.717) is 0 Å². The van der Waals surface area contributed by atoms with Crippen LogP contribution in [-0.4, -0.2) is 61.1 Å². The highest BCUT2D eigenvalue weighted by Gasteiger charge is 2.09. The lowest BCUT2D eigenvalue weighted by atomic mass is 10.1. The van der Waals surface area contributed by atoms with Crippen LogP contribution in [0, 0.1) is 20.2 Å². The van der Waals surface area contributed by atoms with Gasteiger partial charge in [-0.05, 0) is 75.3 Å². The second-order valence-corrected chi connectivity index (χ2v) is 12.8. The average Bonchev–Trinajstić information content (AvgIpc) is 3.11. The number of benzene rings is 2. The molecule has 0 aliphatic heterocycles. The van der Waals surface area contributed by atoms with E-state index in [-0.39, 0.29) is 21.2 Å². The number of carboxylic acids is 2. The highest BCUT2D eigenvalue weighted by Crippen LogP contribution is 2.14. The van der Waals surface area contributed by atoms with Gasteiger partial charge in [-0.1, -0.05) is 77.6 Å². The van der Waals surface area contributed by atoms with Crippen molar-refractivity contribution in [3.63, 3.8) is 0 Å². The molecule has 282 valence electrons. The molecule has 2 N–H and O–H groups in total.